The van der Waals surface area contributed by atoms with Gasteiger partial charge in [0.15, 0.2) is 0 Å². The van der Waals surface area contributed by atoms with Gasteiger partial charge in [-0.25, -0.2) is 5.84 Å². The minimum absolute atomic E-state index is 0.683. The number of guanidine groups is 1. The minimum atomic E-state index is 0.683. The van der Waals surface area contributed by atoms with Gasteiger partial charge in [0.05, 0.1) is 0 Å². The Morgan fingerprint density at radius 2 is 2.00 bits per heavy atom. The van der Waals surface area contributed by atoms with Gasteiger partial charge in [-0.3, -0.25) is 10.4 Å². The summed E-state index contributed by atoms with van der Waals surface area (Å²) in [6, 6.07) is 0.683. The van der Waals surface area contributed by atoms with E-state index >= 15 is 0 Å². The fourth-order valence-corrected chi connectivity index (χ4v) is 1.74. The van der Waals surface area contributed by atoms with Crippen LogP contribution in [0.25, 0.3) is 0 Å². The molecular weight excluding hydrogens is 200 g/mol. The van der Waals surface area contributed by atoms with E-state index in [0.717, 1.165) is 25.5 Å². The normalized spacial score (nSPS) is 16.3. The zero-order valence-corrected chi connectivity index (χ0v) is 10.7. The molecule has 1 saturated carbocycles. The number of hydrogen-bond donors (Lipinski definition) is 2. The summed E-state index contributed by atoms with van der Waals surface area (Å²) in [7, 11) is 0. The van der Waals surface area contributed by atoms with Crippen molar-refractivity contribution in [1.29, 1.82) is 0 Å². The first-order valence-electron chi connectivity index (χ1n) is 6.61. The van der Waals surface area contributed by atoms with Crippen LogP contribution in [-0.2, 0) is 0 Å². The van der Waals surface area contributed by atoms with E-state index in [0.29, 0.717) is 6.04 Å². The van der Waals surface area contributed by atoms with Crippen LogP contribution in [0.15, 0.2) is 4.99 Å². The molecule has 0 saturated heterocycles. The number of rotatable bonds is 7. The fraction of sp³-hybridized carbons (Fsp3) is 0.917. The molecule has 0 aromatic carbocycles. The average molecular weight is 226 g/mol. The maximum atomic E-state index is 5.57. The molecule has 16 heavy (non-hydrogen) atoms. The molecule has 0 atom stereocenters. The maximum Gasteiger partial charge on any atom is 0.208 e. The Kier molecular flexibility index (Phi) is 6.23. The lowest BCUT2D eigenvalue weighted by Crippen LogP contribution is -2.46. The van der Waals surface area contributed by atoms with Crippen LogP contribution in [0.4, 0.5) is 0 Å². The second kappa shape index (κ2) is 7.49. The van der Waals surface area contributed by atoms with E-state index in [-0.39, 0.29) is 0 Å². The number of aliphatic imine (C=N–C) groups is 1. The van der Waals surface area contributed by atoms with E-state index in [1.807, 2.05) is 0 Å². The molecule has 0 aromatic rings. The van der Waals surface area contributed by atoms with Crippen molar-refractivity contribution in [3.05, 3.63) is 0 Å². The van der Waals surface area contributed by atoms with Crippen molar-refractivity contribution in [2.24, 2.45) is 10.8 Å². The summed E-state index contributed by atoms with van der Waals surface area (Å²) in [5, 5.41) is 0. The van der Waals surface area contributed by atoms with Crippen LogP contribution in [0, 0.1) is 0 Å². The Labute approximate surface area is 99.3 Å². The molecule has 0 aromatic heterocycles. The number of hydrogen-bond acceptors (Lipinski definition) is 2. The molecule has 4 heteroatoms. The monoisotopic (exact) mass is 226 g/mol. The number of hydrazine groups is 1. The van der Waals surface area contributed by atoms with Gasteiger partial charge in [-0.15, -0.1) is 0 Å². The van der Waals surface area contributed by atoms with Crippen LogP contribution < -0.4 is 11.3 Å². The zero-order chi connectivity index (χ0) is 11.8. The first kappa shape index (κ1) is 13.3. The number of nitrogens with two attached hydrogens (primary N) is 1. The summed E-state index contributed by atoms with van der Waals surface area (Å²) in [4.78, 5) is 6.90. The van der Waals surface area contributed by atoms with Gasteiger partial charge in [-0.05, 0) is 25.7 Å². The molecule has 0 radical (unpaired) electrons. The third kappa shape index (κ3) is 4.39. The van der Waals surface area contributed by atoms with Crippen LogP contribution in [0.2, 0.25) is 0 Å². The molecule has 0 heterocycles. The fourth-order valence-electron chi connectivity index (χ4n) is 1.74. The Hall–Kier alpha value is -0.770. The van der Waals surface area contributed by atoms with Crippen LogP contribution in [0.1, 0.15) is 52.4 Å². The molecular formula is C12H26N4. The summed E-state index contributed by atoms with van der Waals surface area (Å²) < 4.78 is 0. The van der Waals surface area contributed by atoms with Gasteiger partial charge >= 0.3 is 0 Å². The van der Waals surface area contributed by atoms with Crippen molar-refractivity contribution in [3.63, 3.8) is 0 Å². The van der Waals surface area contributed by atoms with E-state index in [2.05, 4.69) is 29.2 Å². The largest absolute Gasteiger partial charge is 0.339 e. The van der Waals surface area contributed by atoms with E-state index in [9.17, 15) is 0 Å². The second-order valence-electron chi connectivity index (χ2n) is 4.48. The van der Waals surface area contributed by atoms with Crippen molar-refractivity contribution in [1.82, 2.24) is 10.3 Å². The Morgan fingerprint density at radius 3 is 2.50 bits per heavy atom. The highest BCUT2D eigenvalue weighted by atomic mass is 15.4. The van der Waals surface area contributed by atoms with Gasteiger partial charge in [0, 0.05) is 19.1 Å². The zero-order valence-electron chi connectivity index (χ0n) is 10.7. The first-order chi connectivity index (χ1) is 7.83. The Bertz CT molecular complexity index is 211. The number of unbranched alkanes of at least 4 members (excludes halogenated alkanes) is 2. The highest BCUT2D eigenvalue weighted by Crippen LogP contribution is 2.27. The highest BCUT2D eigenvalue weighted by molar-refractivity contribution is 5.80. The topological polar surface area (TPSA) is 53.6 Å². The third-order valence-corrected chi connectivity index (χ3v) is 2.91. The molecule has 1 aliphatic rings. The molecule has 1 aliphatic carbocycles. The van der Waals surface area contributed by atoms with E-state index < -0.39 is 0 Å². The van der Waals surface area contributed by atoms with Crippen molar-refractivity contribution in [2.75, 3.05) is 13.1 Å². The van der Waals surface area contributed by atoms with Gasteiger partial charge in [-0.2, -0.15) is 0 Å². The lowest BCUT2D eigenvalue weighted by molar-refractivity contribution is 0.383. The molecule has 0 bridgehead atoms. The molecule has 94 valence electrons. The van der Waals surface area contributed by atoms with Crippen LogP contribution >= 0.6 is 0 Å². The average Bonchev–Trinajstić information content (AvgIpc) is 3.11. The second-order valence-corrected chi connectivity index (χ2v) is 4.48. The summed E-state index contributed by atoms with van der Waals surface area (Å²) in [5.74, 6) is 6.46. The number of nitrogens with zero attached hydrogens (tertiary/aromatic N) is 2. The molecule has 0 aliphatic heterocycles. The van der Waals surface area contributed by atoms with Gasteiger partial charge in [0.2, 0.25) is 5.96 Å². The summed E-state index contributed by atoms with van der Waals surface area (Å²) in [6.45, 7) is 6.36. The van der Waals surface area contributed by atoms with Crippen LogP contribution in [0.5, 0.6) is 0 Å². The van der Waals surface area contributed by atoms with Gasteiger partial charge in [0.1, 0.15) is 0 Å². The molecule has 1 rings (SSSR count). The molecule has 4 nitrogen and oxygen atoms in total. The summed E-state index contributed by atoms with van der Waals surface area (Å²) in [6.07, 6.45) is 7.33. The SMILES string of the molecule is CCCCN=C(NN)N(CCCC)C1CC1. The Balaban J connectivity index is 2.47. The van der Waals surface area contributed by atoms with Crippen LogP contribution in [-0.4, -0.2) is 30.0 Å². The third-order valence-electron chi connectivity index (χ3n) is 2.91. The lowest BCUT2D eigenvalue weighted by Gasteiger charge is -2.25. The molecule has 0 amide bonds. The van der Waals surface area contributed by atoms with Crippen molar-refractivity contribution < 1.29 is 0 Å². The van der Waals surface area contributed by atoms with Crippen molar-refractivity contribution >= 4 is 5.96 Å². The van der Waals surface area contributed by atoms with Gasteiger partial charge < -0.3 is 4.90 Å². The lowest BCUT2D eigenvalue weighted by atomic mass is 10.3. The minimum Gasteiger partial charge on any atom is -0.339 e. The maximum absolute atomic E-state index is 5.57. The van der Waals surface area contributed by atoms with Gasteiger partial charge in [-0.1, -0.05) is 26.7 Å². The highest BCUT2D eigenvalue weighted by Gasteiger charge is 2.30. The Morgan fingerprint density at radius 1 is 1.31 bits per heavy atom. The predicted octanol–water partition coefficient (Wildman–Crippen LogP) is 1.87. The standard InChI is InChI=1S/C12H26N4/c1-3-5-9-14-12(15-13)16(10-6-4-2)11-7-8-11/h11H,3-10,13H2,1-2H3,(H,14,15). The van der Waals surface area contributed by atoms with Crippen LogP contribution in [0.3, 0.4) is 0 Å². The van der Waals surface area contributed by atoms with Crippen molar-refractivity contribution in [3.8, 4) is 0 Å². The summed E-state index contributed by atoms with van der Waals surface area (Å²) >= 11 is 0. The van der Waals surface area contributed by atoms with Crippen molar-refractivity contribution in [2.45, 2.75) is 58.4 Å². The first-order valence-corrected chi connectivity index (χ1v) is 6.61. The molecule has 3 N–H and O–H groups in total. The summed E-state index contributed by atoms with van der Waals surface area (Å²) in [5.41, 5.74) is 2.77. The molecule has 1 fully saturated rings. The smallest absolute Gasteiger partial charge is 0.208 e. The van der Waals surface area contributed by atoms with E-state index in [1.54, 1.807) is 0 Å². The van der Waals surface area contributed by atoms with E-state index in [1.165, 1.54) is 32.1 Å². The van der Waals surface area contributed by atoms with Gasteiger partial charge in [0.25, 0.3) is 0 Å². The predicted molar refractivity (Wildman–Crippen MR) is 69.2 cm³/mol. The number of nitrogens with one attached hydrogen (secondary N) is 1. The van der Waals surface area contributed by atoms with E-state index in [4.69, 9.17) is 5.84 Å². The molecule has 0 spiro atoms. The quantitative estimate of drug-likeness (QED) is 0.229. The molecule has 0 unspecified atom stereocenters.